The van der Waals surface area contributed by atoms with Crippen molar-refractivity contribution < 1.29 is 19.7 Å². The number of primary amides is 1. The maximum Gasteiger partial charge on any atom is 0.219 e. The van der Waals surface area contributed by atoms with Gasteiger partial charge in [-0.3, -0.25) is 4.79 Å². The molecule has 0 saturated carbocycles. The second kappa shape index (κ2) is 4.71. The third-order valence-electron chi connectivity index (χ3n) is 2.15. The molecule has 1 unspecified atom stereocenters. The number of carbonyl (C=O) groups is 1. The van der Waals surface area contributed by atoms with Gasteiger partial charge >= 0.3 is 0 Å². The highest BCUT2D eigenvalue weighted by Crippen LogP contribution is 2.37. The van der Waals surface area contributed by atoms with E-state index in [1.165, 1.54) is 19.2 Å². The van der Waals surface area contributed by atoms with Gasteiger partial charge in [-0.05, 0) is 17.7 Å². The zero-order valence-electron chi connectivity index (χ0n) is 8.80. The first-order chi connectivity index (χ1) is 7.45. The smallest absolute Gasteiger partial charge is 0.219 e. The molecule has 0 aliphatic rings. The summed E-state index contributed by atoms with van der Waals surface area (Å²) in [5, 5.41) is 18.8. The van der Waals surface area contributed by atoms with E-state index in [9.17, 15) is 15.0 Å². The van der Waals surface area contributed by atoms with Crippen LogP contribution in [0.4, 0.5) is 0 Å². The number of aromatic hydroxyl groups is 2. The average Bonchev–Trinajstić information content (AvgIpc) is 2.20. The van der Waals surface area contributed by atoms with E-state index < -0.39 is 11.9 Å². The molecule has 1 aromatic carbocycles. The number of hydrogen-bond acceptors (Lipinski definition) is 5. The summed E-state index contributed by atoms with van der Waals surface area (Å²) in [6.07, 6.45) is -0.0482. The fourth-order valence-corrected chi connectivity index (χ4v) is 1.32. The maximum absolute atomic E-state index is 10.7. The molecule has 6 heteroatoms. The number of nitrogens with two attached hydrogens (primary N) is 2. The molecule has 0 aromatic heterocycles. The Morgan fingerprint density at radius 1 is 1.50 bits per heavy atom. The van der Waals surface area contributed by atoms with E-state index in [1.54, 1.807) is 0 Å². The van der Waals surface area contributed by atoms with Crippen LogP contribution in [-0.2, 0) is 4.79 Å². The lowest BCUT2D eigenvalue weighted by Crippen LogP contribution is -2.20. The fraction of sp³-hybridized carbons (Fsp3) is 0.300. The Balaban J connectivity index is 3.05. The summed E-state index contributed by atoms with van der Waals surface area (Å²) in [5.74, 6) is -1.17. The Kier molecular flexibility index (Phi) is 3.57. The molecule has 0 bridgehead atoms. The molecule has 0 spiro atoms. The Morgan fingerprint density at radius 2 is 2.12 bits per heavy atom. The van der Waals surface area contributed by atoms with Gasteiger partial charge in [0.05, 0.1) is 7.11 Å². The predicted molar refractivity (Wildman–Crippen MR) is 57.1 cm³/mol. The van der Waals surface area contributed by atoms with Crippen LogP contribution < -0.4 is 16.2 Å². The summed E-state index contributed by atoms with van der Waals surface area (Å²) in [6.45, 7) is 0. The summed E-state index contributed by atoms with van der Waals surface area (Å²) in [4.78, 5) is 10.7. The van der Waals surface area contributed by atoms with Gasteiger partial charge in [0, 0.05) is 12.5 Å². The van der Waals surface area contributed by atoms with Crippen LogP contribution in [0.5, 0.6) is 17.2 Å². The van der Waals surface area contributed by atoms with Crippen molar-refractivity contribution in [1.82, 2.24) is 0 Å². The van der Waals surface area contributed by atoms with Crippen LogP contribution in [0, 0.1) is 0 Å². The number of hydrogen-bond donors (Lipinski definition) is 4. The van der Waals surface area contributed by atoms with Crippen molar-refractivity contribution >= 4 is 5.91 Å². The number of benzene rings is 1. The largest absolute Gasteiger partial charge is 0.504 e. The Morgan fingerprint density at radius 3 is 2.62 bits per heavy atom. The lowest BCUT2D eigenvalue weighted by molar-refractivity contribution is -0.118. The fourth-order valence-electron chi connectivity index (χ4n) is 1.32. The van der Waals surface area contributed by atoms with Crippen LogP contribution in [0.1, 0.15) is 18.0 Å². The quantitative estimate of drug-likeness (QED) is 0.538. The van der Waals surface area contributed by atoms with E-state index in [1.807, 2.05) is 0 Å². The van der Waals surface area contributed by atoms with Gasteiger partial charge in [-0.15, -0.1) is 0 Å². The van der Waals surface area contributed by atoms with Gasteiger partial charge in [-0.1, -0.05) is 0 Å². The standard InChI is InChI=1S/C10H14N2O4/c1-16-8-3-5(2-7(13)10(8)15)6(11)4-9(12)14/h2-3,6,13,15H,4,11H2,1H3,(H2,12,14). The Hall–Kier alpha value is -1.95. The summed E-state index contributed by atoms with van der Waals surface area (Å²) in [6, 6.07) is 2.08. The first-order valence-electron chi connectivity index (χ1n) is 4.59. The Bertz CT molecular complexity index is 406. The van der Waals surface area contributed by atoms with Gasteiger partial charge in [0.1, 0.15) is 0 Å². The number of ether oxygens (including phenoxy) is 1. The second-order valence-corrected chi connectivity index (χ2v) is 3.37. The highest BCUT2D eigenvalue weighted by atomic mass is 16.5. The van der Waals surface area contributed by atoms with Crippen molar-refractivity contribution in [3.05, 3.63) is 17.7 Å². The van der Waals surface area contributed by atoms with Crippen molar-refractivity contribution in [2.45, 2.75) is 12.5 Å². The molecule has 1 rings (SSSR count). The second-order valence-electron chi connectivity index (χ2n) is 3.37. The Labute approximate surface area is 92.4 Å². The maximum atomic E-state index is 10.7. The molecule has 0 aliphatic carbocycles. The monoisotopic (exact) mass is 226 g/mol. The topological polar surface area (TPSA) is 119 Å². The van der Waals surface area contributed by atoms with Gasteiger partial charge in [-0.2, -0.15) is 0 Å². The van der Waals surface area contributed by atoms with Crippen LogP contribution in [0.25, 0.3) is 0 Å². The van der Waals surface area contributed by atoms with Crippen LogP contribution in [0.2, 0.25) is 0 Å². The lowest BCUT2D eigenvalue weighted by atomic mass is 10.0. The average molecular weight is 226 g/mol. The van der Waals surface area contributed by atoms with E-state index in [4.69, 9.17) is 16.2 Å². The summed E-state index contributed by atoms with van der Waals surface area (Å²) >= 11 is 0. The summed E-state index contributed by atoms with van der Waals surface area (Å²) in [5.41, 5.74) is 11.2. The van der Waals surface area contributed by atoms with Crippen LogP contribution in [-0.4, -0.2) is 23.2 Å². The SMILES string of the molecule is COc1cc(C(N)CC(N)=O)cc(O)c1O. The molecule has 1 atom stereocenters. The lowest BCUT2D eigenvalue weighted by Gasteiger charge is -2.13. The van der Waals surface area contributed by atoms with Gasteiger partial charge in [0.2, 0.25) is 11.7 Å². The molecule has 0 saturated heterocycles. The molecule has 88 valence electrons. The van der Waals surface area contributed by atoms with Crippen molar-refractivity contribution in [3.8, 4) is 17.2 Å². The zero-order valence-corrected chi connectivity index (χ0v) is 8.80. The number of rotatable bonds is 4. The molecule has 1 amide bonds. The van der Waals surface area contributed by atoms with Crippen LogP contribution >= 0.6 is 0 Å². The van der Waals surface area contributed by atoms with Gasteiger partial charge in [-0.25, -0.2) is 0 Å². The molecular formula is C10H14N2O4. The first kappa shape index (κ1) is 12.1. The van der Waals surface area contributed by atoms with E-state index in [2.05, 4.69) is 0 Å². The predicted octanol–water partition coefficient (Wildman–Crippen LogP) is -0.0184. The van der Waals surface area contributed by atoms with Crippen LogP contribution in [0.15, 0.2) is 12.1 Å². The van der Waals surface area contributed by atoms with Crippen molar-refractivity contribution in [1.29, 1.82) is 0 Å². The number of carbonyl (C=O) groups excluding carboxylic acids is 1. The van der Waals surface area contributed by atoms with Crippen molar-refractivity contribution in [3.63, 3.8) is 0 Å². The molecule has 0 radical (unpaired) electrons. The molecule has 0 heterocycles. The molecule has 6 nitrogen and oxygen atoms in total. The third-order valence-corrected chi connectivity index (χ3v) is 2.15. The van der Waals surface area contributed by atoms with Crippen LogP contribution in [0.3, 0.4) is 0 Å². The molecular weight excluding hydrogens is 212 g/mol. The zero-order chi connectivity index (χ0) is 12.3. The summed E-state index contributed by atoms with van der Waals surface area (Å²) in [7, 11) is 1.35. The van der Waals surface area contributed by atoms with E-state index in [0.717, 1.165) is 0 Å². The molecule has 0 fully saturated rings. The summed E-state index contributed by atoms with van der Waals surface area (Å²) < 4.78 is 4.84. The van der Waals surface area contributed by atoms with Gasteiger partial charge in [0.25, 0.3) is 0 Å². The molecule has 1 aromatic rings. The third kappa shape index (κ3) is 2.54. The molecule has 16 heavy (non-hydrogen) atoms. The van der Waals surface area contributed by atoms with Gasteiger partial charge < -0.3 is 26.4 Å². The normalized spacial score (nSPS) is 12.1. The minimum absolute atomic E-state index is 0.0482. The minimum Gasteiger partial charge on any atom is -0.504 e. The number of amides is 1. The van der Waals surface area contributed by atoms with E-state index >= 15 is 0 Å². The molecule has 6 N–H and O–H groups in total. The van der Waals surface area contributed by atoms with E-state index in [0.29, 0.717) is 5.56 Å². The van der Waals surface area contributed by atoms with Crippen molar-refractivity contribution in [2.75, 3.05) is 7.11 Å². The molecule has 0 aliphatic heterocycles. The number of phenolic OH excluding ortho intramolecular Hbond substituents is 2. The first-order valence-corrected chi connectivity index (χ1v) is 4.59. The number of phenols is 2. The highest BCUT2D eigenvalue weighted by Gasteiger charge is 2.15. The highest BCUT2D eigenvalue weighted by molar-refractivity contribution is 5.74. The van der Waals surface area contributed by atoms with E-state index in [-0.39, 0.29) is 23.7 Å². The van der Waals surface area contributed by atoms with Crippen molar-refractivity contribution in [2.24, 2.45) is 11.5 Å². The van der Waals surface area contributed by atoms with Gasteiger partial charge in [0.15, 0.2) is 11.5 Å². The number of methoxy groups -OCH3 is 1. The minimum atomic E-state index is -0.641.